The van der Waals surface area contributed by atoms with Crippen LogP contribution >= 0.6 is 0 Å². The molecule has 5 nitrogen and oxygen atoms in total. The van der Waals surface area contributed by atoms with Crippen LogP contribution in [0.3, 0.4) is 0 Å². The van der Waals surface area contributed by atoms with Crippen molar-refractivity contribution in [3.8, 4) is 0 Å². The first-order valence-corrected chi connectivity index (χ1v) is 7.05. The van der Waals surface area contributed by atoms with Gasteiger partial charge in [-0.3, -0.25) is 9.59 Å². The van der Waals surface area contributed by atoms with Gasteiger partial charge in [0.15, 0.2) is 0 Å². The fraction of sp³-hybridized carbons (Fsp3) is 0.467. The van der Waals surface area contributed by atoms with Gasteiger partial charge in [0.05, 0.1) is 6.54 Å². The minimum atomic E-state index is -0.281. The first-order valence-electron chi connectivity index (χ1n) is 7.05. The number of nitrogens with zero attached hydrogens (tertiary/aromatic N) is 1. The third-order valence-electron chi connectivity index (χ3n) is 3.62. The summed E-state index contributed by atoms with van der Waals surface area (Å²) in [7, 11) is 0. The lowest BCUT2D eigenvalue weighted by atomic mass is 10.1. The molecule has 20 heavy (non-hydrogen) atoms. The van der Waals surface area contributed by atoms with Gasteiger partial charge in [-0.15, -0.1) is 0 Å². The predicted octanol–water partition coefficient (Wildman–Crippen LogP) is 1.01. The molecule has 2 N–H and O–H groups in total. The van der Waals surface area contributed by atoms with E-state index >= 15 is 0 Å². The van der Waals surface area contributed by atoms with Crippen molar-refractivity contribution in [1.82, 2.24) is 10.2 Å². The van der Waals surface area contributed by atoms with Gasteiger partial charge in [-0.2, -0.15) is 0 Å². The third-order valence-corrected chi connectivity index (χ3v) is 3.62. The molecule has 0 aliphatic carbocycles. The Bertz CT molecular complexity index is 473. The maximum atomic E-state index is 12.1. The number of hydrogen-bond donors (Lipinski definition) is 2. The highest BCUT2D eigenvalue weighted by atomic mass is 16.2. The van der Waals surface area contributed by atoms with Crippen molar-refractivity contribution in [2.75, 3.05) is 25.0 Å². The smallest absolute Gasteiger partial charge is 0.243 e. The molecule has 0 radical (unpaired) electrons. The SMILES string of the molecule is CCN(CC)C(=O)CNC(=O)C1Cc2ccccc2N1. The number of carbonyl (C=O) groups is 2. The van der Waals surface area contributed by atoms with Crippen molar-refractivity contribution in [1.29, 1.82) is 0 Å². The van der Waals surface area contributed by atoms with Gasteiger partial charge in [0.2, 0.25) is 11.8 Å². The molecule has 0 bridgehead atoms. The van der Waals surface area contributed by atoms with Crippen LogP contribution in [0, 0.1) is 0 Å². The topological polar surface area (TPSA) is 61.4 Å². The normalized spacial score (nSPS) is 16.2. The van der Waals surface area contributed by atoms with Gasteiger partial charge < -0.3 is 15.5 Å². The number of anilines is 1. The zero-order valence-electron chi connectivity index (χ0n) is 12.0. The number of rotatable bonds is 5. The molecule has 1 atom stereocenters. The molecule has 1 aliphatic heterocycles. The van der Waals surface area contributed by atoms with E-state index in [1.807, 2.05) is 38.1 Å². The Morgan fingerprint density at radius 3 is 2.65 bits per heavy atom. The molecule has 1 heterocycles. The Morgan fingerprint density at radius 1 is 1.30 bits per heavy atom. The molecule has 1 aromatic carbocycles. The highest BCUT2D eigenvalue weighted by molar-refractivity contribution is 5.90. The van der Waals surface area contributed by atoms with Gasteiger partial charge in [0.25, 0.3) is 0 Å². The number of likely N-dealkylation sites (N-methyl/N-ethyl adjacent to an activating group) is 1. The van der Waals surface area contributed by atoms with Crippen LogP contribution in [0.25, 0.3) is 0 Å². The first kappa shape index (κ1) is 14.4. The van der Waals surface area contributed by atoms with Crippen LogP contribution < -0.4 is 10.6 Å². The third kappa shape index (κ3) is 3.10. The maximum Gasteiger partial charge on any atom is 0.243 e. The molecular formula is C15H21N3O2. The Labute approximate surface area is 119 Å². The van der Waals surface area contributed by atoms with Crippen molar-refractivity contribution in [2.24, 2.45) is 0 Å². The monoisotopic (exact) mass is 275 g/mol. The van der Waals surface area contributed by atoms with Gasteiger partial charge >= 0.3 is 0 Å². The van der Waals surface area contributed by atoms with Crippen molar-refractivity contribution in [2.45, 2.75) is 26.3 Å². The van der Waals surface area contributed by atoms with Crippen LogP contribution in [0.4, 0.5) is 5.69 Å². The summed E-state index contributed by atoms with van der Waals surface area (Å²) < 4.78 is 0. The number of benzene rings is 1. The van der Waals surface area contributed by atoms with E-state index in [9.17, 15) is 9.59 Å². The second-order valence-corrected chi connectivity index (χ2v) is 4.84. The predicted molar refractivity (Wildman–Crippen MR) is 78.5 cm³/mol. The standard InChI is InChI=1S/C15H21N3O2/c1-3-18(4-2)14(19)10-16-15(20)13-9-11-7-5-6-8-12(11)17-13/h5-8,13,17H,3-4,9-10H2,1-2H3,(H,16,20). The minimum Gasteiger partial charge on any atom is -0.373 e. The Balaban J connectivity index is 1.84. The minimum absolute atomic E-state index is 0.0427. The lowest BCUT2D eigenvalue weighted by Gasteiger charge is -2.19. The summed E-state index contributed by atoms with van der Waals surface area (Å²) in [5, 5.41) is 5.89. The lowest BCUT2D eigenvalue weighted by Crippen LogP contribution is -2.44. The van der Waals surface area contributed by atoms with Crippen molar-refractivity contribution < 1.29 is 9.59 Å². The summed E-state index contributed by atoms with van der Waals surface area (Å²) in [6, 6.07) is 7.60. The number of para-hydroxylation sites is 1. The quantitative estimate of drug-likeness (QED) is 0.843. The maximum absolute atomic E-state index is 12.1. The van der Waals surface area contributed by atoms with Crippen LogP contribution in [0.15, 0.2) is 24.3 Å². The summed E-state index contributed by atoms with van der Waals surface area (Å²) >= 11 is 0. The van der Waals surface area contributed by atoms with Crippen molar-refractivity contribution >= 4 is 17.5 Å². The van der Waals surface area contributed by atoms with E-state index in [1.54, 1.807) is 4.90 Å². The van der Waals surface area contributed by atoms with E-state index < -0.39 is 0 Å². The van der Waals surface area contributed by atoms with E-state index in [0.717, 1.165) is 11.3 Å². The molecule has 0 aromatic heterocycles. The molecule has 5 heteroatoms. The first-order chi connectivity index (χ1) is 9.65. The summed E-state index contributed by atoms with van der Waals surface area (Å²) in [5.74, 6) is -0.166. The molecule has 1 aliphatic rings. The molecule has 0 fully saturated rings. The number of carbonyl (C=O) groups excluding carboxylic acids is 2. The molecular weight excluding hydrogens is 254 g/mol. The van der Waals surface area contributed by atoms with Gasteiger partial charge in [-0.1, -0.05) is 18.2 Å². The number of fused-ring (bicyclic) bond motifs is 1. The van der Waals surface area contributed by atoms with E-state index in [4.69, 9.17) is 0 Å². The summed E-state index contributed by atoms with van der Waals surface area (Å²) in [5.41, 5.74) is 2.14. The fourth-order valence-corrected chi connectivity index (χ4v) is 2.43. The van der Waals surface area contributed by atoms with Gasteiger partial charge in [0, 0.05) is 25.2 Å². The Kier molecular flexibility index (Phi) is 4.61. The zero-order chi connectivity index (χ0) is 14.5. The van der Waals surface area contributed by atoms with Gasteiger partial charge in [-0.25, -0.2) is 0 Å². The number of hydrogen-bond acceptors (Lipinski definition) is 3. The second kappa shape index (κ2) is 6.41. The van der Waals surface area contributed by atoms with E-state index in [1.165, 1.54) is 0 Å². The Hall–Kier alpha value is -2.04. The van der Waals surface area contributed by atoms with Gasteiger partial charge in [0.1, 0.15) is 6.04 Å². The van der Waals surface area contributed by atoms with Crippen molar-refractivity contribution in [3.05, 3.63) is 29.8 Å². The van der Waals surface area contributed by atoms with Gasteiger partial charge in [-0.05, 0) is 25.5 Å². The van der Waals surface area contributed by atoms with Crippen LogP contribution in [0.2, 0.25) is 0 Å². The number of nitrogens with one attached hydrogen (secondary N) is 2. The second-order valence-electron chi connectivity index (χ2n) is 4.84. The zero-order valence-corrected chi connectivity index (χ0v) is 12.0. The average molecular weight is 275 g/mol. The lowest BCUT2D eigenvalue weighted by molar-refractivity contribution is -0.132. The van der Waals surface area contributed by atoms with Crippen LogP contribution in [0.1, 0.15) is 19.4 Å². The van der Waals surface area contributed by atoms with E-state index in [2.05, 4.69) is 10.6 Å². The summed E-state index contributed by atoms with van der Waals surface area (Å²) in [4.78, 5) is 25.6. The largest absolute Gasteiger partial charge is 0.373 e. The molecule has 1 unspecified atom stereocenters. The van der Waals surface area contributed by atoms with Crippen molar-refractivity contribution in [3.63, 3.8) is 0 Å². The molecule has 0 saturated heterocycles. The summed E-state index contributed by atoms with van der Waals surface area (Å²) in [6.07, 6.45) is 0.668. The fourth-order valence-electron chi connectivity index (χ4n) is 2.43. The molecule has 0 saturated carbocycles. The molecule has 2 amide bonds. The summed E-state index contributed by atoms with van der Waals surface area (Å²) in [6.45, 7) is 5.25. The molecule has 108 valence electrons. The van der Waals surface area contributed by atoms with E-state index in [0.29, 0.717) is 19.5 Å². The van der Waals surface area contributed by atoms with Crippen LogP contribution in [-0.2, 0) is 16.0 Å². The van der Waals surface area contributed by atoms with Crippen LogP contribution in [-0.4, -0.2) is 42.4 Å². The highest BCUT2D eigenvalue weighted by Crippen LogP contribution is 2.24. The molecule has 1 aromatic rings. The molecule has 2 rings (SSSR count). The Morgan fingerprint density at radius 2 is 2.00 bits per heavy atom. The average Bonchev–Trinajstić information content (AvgIpc) is 2.90. The van der Waals surface area contributed by atoms with E-state index in [-0.39, 0.29) is 24.4 Å². The number of amides is 2. The van der Waals surface area contributed by atoms with Crippen LogP contribution in [0.5, 0.6) is 0 Å². The highest BCUT2D eigenvalue weighted by Gasteiger charge is 2.26. The molecule has 0 spiro atoms.